The molecule has 0 bridgehead atoms. The van der Waals surface area contributed by atoms with Gasteiger partial charge in [0.15, 0.2) is 0 Å². The van der Waals surface area contributed by atoms with E-state index in [0.29, 0.717) is 42.8 Å². The van der Waals surface area contributed by atoms with E-state index >= 15 is 0 Å². The lowest BCUT2D eigenvalue weighted by Gasteiger charge is -2.17. The third-order valence-electron chi connectivity index (χ3n) is 5.48. The number of nitrogens with one attached hydrogen (secondary N) is 2. The van der Waals surface area contributed by atoms with Gasteiger partial charge in [-0.25, -0.2) is 4.98 Å². The molecule has 0 saturated heterocycles. The molecule has 4 heterocycles. The molecule has 0 saturated carbocycles. The number of nitrogens with zero attached hydrogens (tertiary/aromatic N) is 3. The summed E-state index contributed by atoms with van der Waals surface area (Å²) in [4.78, 5) is 27.7. The molecule has 0 fully saturated rings. The molecule has 5 rings (SSSR count). The number of amides is 2. The number of hydrogen-bond acceptors (Lipinski definition) is 5. The average molecular weight is 406 g/mol. The highest BCUT2D eigenvalue weighted by Crippen LogP contribution is 2.33. The molecule has 152 valence electrons. The number of pyridine rings is 1. The number of carbonyl (C=O) groups excluding carboxylic acids is 2. The summed E-state index contributed by atoms with van der Waals surface area (Å²) in [7, 11) is 0. The second-order valence-corrected chi connectivity index (χ2v) is 7.42. The second-order valence-electron chi connectivity index (χ2n) is 7.42. The number of aromatic nitrogens is 3. The lowest BCUT2D eigenvalue weighted by Crippen LogP contribution is -2.31. The first-order valence-corrected chi connectivity index (χ1v) is 9.71. The maximum atomic E-state index is 14.7. The third-order valence-corrected chi connectivity index (χ3v) is 5.48. The predicted molar refractivity (Wildman–Crippen MR) is 108 cm³/mol. The minimum Gasteiger partial charge on any atom is -0.383 e. The molecule has 0 radical (unpaired) electrons. The first kappa shape index (κ1) is 18.3. The van der Waals surface area contributed by atoms with Crippen LogP contribution in [-0.2, 0) is 24.2 Å². The largest absolute Gasteiger partial charge is 0.383 e. The average Bonchev–Trinajstić information content (AvgIpc) is 3.01. The Morgan fingerprint density at radius 2 is 1.83 bits per heavy atom. The van der Waals surface area contributed by atoms with Gasteiger partial charge >= 0.3 is 0 Å². The first-order chi connectivity index (χ1) is 14.5. The molecule has 0 atom stereocenters. The van der Waals surface area contributed by atoms with E-state index in [1.54, 1.807) is 28.9 Å². The molecule has 1 aromatic carbocycles. The number of hydrogen-bond donors (Lipinski definition) is 3. The van der Waals surface area contributed by atoms with Gasteiger partial charge in [0.25, 0.3) is 5.91 Å². The summed E-state index contributed by atoms with van der Waals surface area (Å²) >= 11 is 0. The van der Waals surface area contributed by atoms with Gasteiger partial charge in [0, 0.05) is 36.3 Å². The summed E-state index contributed by atoms with van der Waals surface area (Å²) in [6.07, 6.45) is 1.33. The van der Waals surface area contributed by atoms with E-state index in [4.69, 9.17) is 5.73 Å². The minimum absolute atomic E-state index is 0.0663. The van der Waals surface area contributed by atoms with Gasteiger partial charge in [-0.05, 0) is 35.7 Å². The molecular formula is C21H19FN6O2. The summed E-state index contributed by atoms with van der Waals surface area (Å²) in [6, 6.07) is 8.84. The van der Waals surface area contributed by atoms with E-state index in [1.165, 1.54) is 0 Å². The maximum absolute atomic E-state index is 14.7. The Morgan fingerprint density at radius 1 is 1.00 bits per heavy atom. The molecule has 2 aliphatic rings. The molecule has 9 heteroatoms. The molecule has 0 spiro atoms. The Morgan fingerprint density at radius 3 is 2.70 bits per heavy atom. The topological polar surface area (TPSA) is 115 Å². The Bertz CT molecular complexity index is 1200. The number of nitrogen functional groups attached to an aromatic ring is 1. The molecular weight excluding hydrogens is 387 g/mol. The van der Waals surface area contributed by atoms with E-state index in [2.05, 4.69) is 20.7 Å². The van der Waals surface area contributed by atoms with Crippen LogP contribution in [0, 0.1) is 5.95 Å². The highest BCUT2D eigenvalue weighted by Gasteiger charge is 2.21. The molecule has 0 aliphatic carbocycles. The van der Waals surface area contributed by atoms with Crippen LogP contribution in [0.3, 0.4) is 0 Å². The number of halogens is 1. The van der Waals surface area contributed by atoms with Crippen molar-refractivity contribution in [2.24, 2.45) is 0 Å². The third kappa shape index (κ3) is 3.08. The van der Waals surface area contributed by atoms with Crippen molar-refractivity contribution in [2.75, 3.05) is 18.8 Å². The number of benzene rings is 1. The van der Waals surface area contributed by atoms with E-state index in [1.807, 2.05) is 6.07 Å². The van der Waals surface area contributed by atoms with Gasteiger partial charge in [0.1, 0.15) is 12.4 Å². The van der Waals surface area contributed by atoms with Gasteiger partial charge < -0.3 is 16.4 Å². The lowest BCUT2D eigenvalue weighted by atomic mass is 9.94. The van der Waals surface area contributed by atoms with Gasteiger partial charge in [0.05, 0.1) is 11.3 Å². The van der Waals surface area contributed by atoms with Crippen molar-refractivity contribution in [2.45, 2.75) is 19.4 Å². The fourth-order valence-electron chi connectivity index (χ4n) is 3.96. The number of rotatable bonds is 2. The zero-order valence-corrected chi connectivity index (χ0v) is 16.0. The lowest BCUT2D eigenvalue weighted by molar-refractivity contribution is -0.121. The Hall–Kier alpha value is -3.75. The Kier molecular flexibility index (Phi) is 4.23. The van der Waals surface area contributed by atoms with Crippen molar-refractivity contribution >= 4 is 17.6 Å². The maximum Gasteiger partial charge on any atom is 0.251 e. The van der Waals surface area contributed by atoms with Gasteiger partial charge in [-0.2, -0.15) is 9.49 Å². The number of anilines is 1. The van der Waals surface area contributed by atoms with Crippen molar-refractivity contribution < 1.29 is 14.0 Å². The summed E-state index contributed by atoms with van der Waals surface area (Å²) in [5, 5.41) is 10.0. The monoisotopic (exact) mass is 406 g/mol. The predicted octanol–water partition coefficient (Wildman–Crippen LogP) is 1.29. The standard InChI is InChI=1S/C21H19FN6O2/c22-19-16(17-8-13-4-6-24-18(29)10-28(13)27-17)9-15(20(23)26-19)11-1-2-14-12(7-11)3-5-25-21(14)30/h1-2,7-9H,3-6,10H2,(H2,23,26)(H,24,29)(H,25,30). The summed E-state index contributed by atoms with van der Waals surface area (Å²) in [6.45, 7) is 1.19. The molecule has 4 N–H and O–H groups in total. The fraction of sp³-hybridized carbons (Fsp3) is 0.238. The number of carbonyl (C=O) groups is 2. The molecule has 2 amide bonds. The van der Waals surface area contributed by atoms with Crippen LogP contribution in [0.5, 0.6) is 0 Å². The zero-order chi connectivity index (χ0) is 20.8. The van der Waals surface area contributed by atoms with Crippen molar-refractivity contribution in [3.05, 3.63) is 53.1 Å². The van der Waals surface area contributed by atoms with Gasteiger partial charge in [-0.1, -0.05) is 12.1 Å². The molecule has 30 heavy (non-hydrogen) atoms. The van der Waals surface area contributed by atoms with Gasteiger partial charge in [0.2, 0.25) is 11.9 Å². The Labute approximate surface area is 171 Å². The van der Waals surface area contributed by atoms with Gasteiger partial charge in [-0.3, -0.25) is 14.3 Å². The molecule has 2 aliphatic heterocycles. The van der Waals surface area contributed by atoms with Crippen molar-refractivity contribution in [3.63, 3.8) is 0 Å². The first-order valence-electron chi connectivity index (χ1n) is 9.71. The summed E-state index contributed by atoms with van der Waals surface area (Å²) in [5.41, 5.74) is 10.4. The van der Waals surface area contributed by atoms with Crippen LogP contribution >= 0.6 is 0 Å². The number of nitrogens with two attached hydrogens (primary N) is 1. The Balaban J connectivity index is 1.58. The molecule has 0 unspecified atom stereocenters. The van der Waals surface area contributed by atoms with E-state index in [9.17, 15) is 14.0 Å². The zero-order valence-electron chi connectivity index (χ0n) is 16.0. The normalized spacial score (nSPS) is 15.6. The van der Waals surface area contributed by atoms with Gasteiger partial charge in [-0.15, -0.1) is 0 Å². The van der Waals surface area contributed by atoms with Crippen molar-refractivity contribution in [1.82, 2.24) is 25.4 Å². The highest BCUT2D eigenvalue weighted by molar-refractivity contribution is 5.97. The summed E-state index contributed by atoms with van der Waals surface area (Å²) in [5.74, 6) is -0.877. The quantitative estimate of drug-likeness (QED) is 0.555. The SMILES string of the molecule is Nc1nc(F)c(-c2cc3n(n2)CC(=O)NCC3)cc1-c1ccc2c(c1)CCNC2=O. The summed E-state index contributed by atoms with van der Waals surface area (Å²) < 4.78 is 16.3. The van der Waals surface area contributed by atoms with Crippen molar-refractivity contribution in [3.8, 4) is 22.4 Å². The molecule has 3 aromatic rings. The fourth-order valence-corrected chi connectivity index (χ4v) is 3.96. The molecule has 2 aromatic heterocycles. The van der Waals surface area contributed by atoms with Crippen LogP contribution in [0.25, 0.3) is 22.4 Å². The van der Waals surface area contributed by atoms with Crippen LogP contribution < -0.4 is 16.4 Å². The van der Waals surface area contributed by atoms with E-state index in [0.717, 1.165) is 16.8 Å². The van der Waals surface area contributed by atoms with E-state index in [-0.39, 0.29) is 29.7 Å². The minimum atomic E-state index is -0.716. The highest BCUT2D eigenvalue weighted by atomic mass is 19.1. The van der Waals surface area contributed by atoms with E-state index < -0.39 is 5.95 Å². The van der Waals surface area contributed by atoms with Crippen LogP contribution in [0.15, 0.2) is 30.3 Å². The van der Waals surface area contributed by atoms with Crippen molar-refractivity contribution in [1.29, 1.82) is 0 Å². The van der Waals surface area contributed by atoms with Crippen LogP contribution in [0.2, 0.25) is 0 Å². The number of fused-ring (bicyclic) bond motifs is 2. The van der Waals surface area contributed by atoms with Crippen LogP contribution in [0.1, 0.15) is 21.6 Å². The van der Waals surface area contributed by atoms with Crippen LogP contribution in [-0.4, -0.2) is 39.7 Å². The smallest absolute Gasteiger partial charge is 0.251 e. The van der Waals surface area contributed by atoms with Crippen LogP contribution in [0.4, 0.5) is 10.2 Å². The molecule has 8 nitrogen and oxygen atoms in total. The second kappa shape index (κ2) is 6.94.